The molecular formula is CH3ClNa2O2. The van der Waals surface area contributed by atoms with Gasteiger partial charge in [-0.2, -0.15) is 0 Å². The fourth-order valence-electron chi connectivity index (χ4n) is 0. The van der Waals surface area contributed by atoms with Crippen LogP contribution in [0.2, 0.25) is 0 Å². The van der Waals surface area contributed by atoms with E-state index in [2.05, 4.69) is 11.6 Å². The van der Waals surface area contributed by atoms with Crippen LogP contribution in [0.1, 0.15) is 0 Å². The zero-order valence-corrected chi connectivity index (χ0v) is 2.49. The second kappa shape index (κ2) is 9.90. The van der Waals surface area contributed by atoms with E-state index in [0.717, 1.165) is 0 Å². The van der Waals surface area contributed by atoms with Crippen molar-refractivity contribution in [2.45, 2.75) is 0 Å². The molecule has 0 saturated carbocycles. The first-order valence-electron chi connectivity index (χ1n) is 0.617. The first-order valence-corrected chi connectivity index (χ1v) is 0.995. The maximum atomic E-state index is 8.77. The van der Waals surface area contributed by atoms with Gasteiger partial charge in [-0.15, -0.1) is 0 Å². The summed E-state index contributed by atoms with van der Waals surface area (Å²) in [5, 5.41) is 7.18. The molecule has 0 aliphatic carbocycles. The van der Waals surface area contributed by atoms with Gasteiger partial charge in [0.1, 0.15) is 0 Å². The standard InChI is InChI=1S/CHClO2.2Na.2H/c2-1(3)4;;;;/h(H,3,4);;;;. The van der Waals surface area contributed by atoms with Crippen molar-refractivity contribution in [2.24, 2.45) is 0 Å². The Morgan fingerprint density at radius 3 is 1.50 bits per heavy atom. The van der Waals surface area contributed by atoms with Gasteiger partial charge in [-0.05, 0) is 0 Å². The minimum atomic E-state index is -1.36. The van der Waals surface area contributed by atoms with E-state index in [1.54, 1.807) is 0 Å². The predicted octanol–water partition coefficient (Wildman–Crippen LogP) is -0.394. The molecule has 1 N–H and O–H groups in total. The summed E-state index contributed by atoms with van der Waals surface area (Å²) in [4.78, 5) is 8.77. The molecule has 0 aromatic rings. The van der Waals surface area contributed by atoms with Gasteiger partial charge in [0.15, 0.2) is 0 Å². The molecule has 28 valence electrons. The van der Waals surface area contributed by atoms with E-state index in [0.29, 0.717) is 0 Å². The van der Waals surface area contributed by atoms with E-state index >= 15 is 0 Å². The molecule has 0 aliphatic rings. The summed E-state index contributed by atoms with van der Waals surface area (Å²) >= 11 is 4.19. The third kappa shape index (κ3) is 42.1. The van der Waals surface area contributed by atoms with Crippen LogP contribution in [-0.4, -0.2) is 69.6 Å². The van der Waals surface area contributed by atoms with E-state index < -0.39 is 5.43 Å². The summed E-state index contributed by atoms with van der Waals surface area (Å²) < 4.78 is 0. The molecule has 0 saturated heterocycles. The second-order valence-electron chi connectivity index (χ2n) is 0.253. The summed E-state index contributed by atoms with van der Waals surface area (Å²) in [5.41, 5.74) is -1.36. The van der Waals surface area contributed by atoms with Crippen molar-refractivity contribution in [3.8, 4) is 0 Å². The Morgan fingerprint density at radius 2 is 1.50 bits per heavy atom. The van der Waals surface area contributed by atoms with Crippen LogP contribution in [0.15, 0.2) is 0 Å². The molecule has 0 aromatic heterocycles. The molecule has 0 fully saturated rings. The van der Waals surface area contributed by atoms with E-state index in [9.17, 15) is 0 Å². The van der Waals surface area contributed by atoms with Crippen molar-refractivity contribution in [1.82, 2.24) is 0 Å². The molecule has 0 unspecified atom stereocenters. The molecular weight excluding hydrogens is 125 g/mol. The number of carbonyl (C=O) groups is 1. The molecule has 0 amide bonds. The molecule has 6 heavy (non-hydrogen) atoms. The zero-order valence-electron chi connectivity index (χ0n) is 1.73. The van der Waals surface area contributed by atoms with Crippen molar-refractivity contribution in [3.05, 3.63) is 0 Å². The zero-order chi connectivity index (χ0) is 3.58. The Morgan fingerprint density at radius 1 is 1.50 bits per heavy atom. The molecule has 0 radical (unpaired) electrons. The fourth-order valence-corrected chi connectivity index (χ4v) is 0. The molecule has 0 heterocycles. The third-order valence-electron chi connectivity index (χ3n) is 0. The first kappa shape index (κ1) is 15.7. The average Bonchev–Trinajstić information content (AvgIpc) is 0.811. The van der Waals surface area contributed by atoms with Crippen LogP contribution >= 0.6 is 11.6 Å². The van der Waals surface area contributed by atoms with E-state index in [-0.39, 0.29) is 59.1 Å². The number of rotatable bonds is 0. The summed E-state index contributed by atoms with van der Waals surface area (Å²) in [5.74, 6) is 0. The molecule has 2 nitrogen and oxygen atoms in total. The van der Waals surface area contributed by atoms with Crippen LogP contribution in [0.4, 0.5) is 4.79 Å². The van der Waals surface area contributed by atoms with Crippen LogP contribution in [0.25, 0.3) is 0 Å². The Labute approximate surface area is 84.8 Å². The number of hydrogen-bond acceptors (Lipinski definition) is 1. The van der Waals surface area contributed by atoms with Gasteiger partial charge in [0.05, 0.1) is 0 Å². The quantitative estimate of drug-likeness (QED) is 0.356. The predicted molar refractivity (Wildman–Crippen MR) is 28.2 cm³/mol. The Balaban J connectivity index is -0.0000000450. The van der Waals surface area contributed by atoms with Gasteiger partial charge < -0.3 is 5.11 Å². The monoisotopic (exact) mass is 128 g/mol. The van der Waals surface area contributed by atoms with Gasteiger partial charge in [0.2, 0.25) is 0 Å². The van der Waals surface area contributed by atoms with Gasteiger partial charge in [-0.3, -0.25) is 0 Å². The van der Waals surface area contributed by atoms with Crippen LogP contribution in [0, 0.1) is 0 Å². The molecule has 0 rings (SSSR count). The van der Waals surface area contributed by atoms with Crippen molar-refractivity contribution >= 4 is 76.1 Å². The van der Waals surface area contributed by atoms with Gasteiger partial charge in [-0.1, -0.05) is 0 Å². The average molecular weight is 128 g/mol. The van der Waals surface area contributed by atoms with Crippen molar-refractivity contribution < 1.29 is 9.90 Å². The molecule has 0 bridgehead atoms. The van der Waals surface area contributed by atoms with Crippen LogP contribution in [0.3, 0.4) is 0 Å². The van der Waals surface area contributed by atoms with Crippen molar-refractivity contribution in [2.75, 3.05) is 0 Å². The Hall–Kier alpha value is 1.76. The second-order valence-corrected chi connectivity index (χ2v) is 0.576. The summed E-state index contributed by atoms with van der Waals surface area (Å²) in [6.07, 6.45) is 0. The summed E-state index contributed by atoms with van der Waals surface area (Å²) in [7, 11) is 0. The van der Waals surface area contributed by atoms with Gasteiger partial charge >= 0.3 is 64.5 Å². The van der Waals surface area contributed by atoms with E-state index in [1.807, 2.05) is 0 Å². The molecule has 0 atom stereocenters. The normalized spacial score (nSPS) is 4.17. The molecule has 5 heteroatoms. The number of carboxylic acid groups (broad SMARTS) is 1. The van der Waals surface area contributed by atoms with Gasteiger partial charge in [0, 0.05) is 11.6 Å². The van der Waals surface area contributed by atoms with Gasteiger partial charge in [0.25, 0.3) is 0 Å². The van der Waals surface area contributed by atoms with Crippen molar-refractivity contribution in [1.29, 1.82) is 0 Å². The summed E-state index contributed by atoms with van der Waals surface area (Å²) in [6, 6.07) is 0. The fraction of sp³-hybridized carbons (Fsp3) is 0. The van der Waals surface area contributed by atoms with Crippen LogP contribution in [0.5, 0.6) is 0 Å². The number of hydrogen-bond donors (Lipinski definition) is 1. The SMILES string of the molecule is O=C(O)Cl.[NaH].[NaH]. The van der Waals surface area contributed by atoms with Gasteiger partial charge in [-0.25, -0.2) is 4.79 Å². The van der Waals surface area contributed by atoms with Crippen molar-refractivity contribution in [3.63, 3.8) is 0 Å². The molecule has 0 aromatic carbocycles. The van der Waals surface area contributed by atoms with Crippen LogP contribution in [-0.2, 0) is 0 Å². The topological polar surface area (TPSA) is 37.3 Å². The van der Waals surface area contributed by atoms with E-state index in [4.69, 9.17) is 9.90 Å². The Bertz CT molecular complexity index is 34.5. The maximum absolute atomic E-state index is 8.77. The summed E-state index contributed by atoms with van der Waals surface area (Å²) in [6.45, 7) is 0. The van der Waals surface area contributed by atoms with Crippen LogP contribution < -0.4 is 0 Å². The van der Waals surface area contributed by atoms with E-state index in [1.165, 1.54) is 0 Å². The number of halogens is 1. The molecule has 0 spiro atoms. The Kier molecular flexibility index (Phi) is 25.8. The molecule has 0 aliphatic heterocycles. The third-order valence-corrected chi connectivity index (χ3v) is 0. The first-order chi connectivity index (χ1) is 1.73. The minimum absolute atomic E-state index is 0.